The molecule has 2 N–H and O–H groups in total. The molecule has 112 valence electrons. The van der Waals surface area contributed by atoms with Crippen molar-refractivity contribution in [3.63, 3.8) is 0 Å². The van der Waals surface area contributed by atoms with Crippen LogP contribution < -0.4 is 0 Å². The number of hydrogen-bond donors (Lipinski definition) is 2. The molecule has 1 aromatic carbocycles. The molecule has 6 heteroatoms. The van der Waals surface area contributed by atoms with Gasteiger partial charge in [0.2, 0.25) is 0 Å². The van der Waals surface area contributed by atoms with E-state index in [1.54, 1.807) is 6.07 Å². The molecule has 1 unspecified atom stereocenters. The minimum atomic E-state index is -0.882. The number of hydrogen-bond acceptors (Lipinski definition) is 2. The van der Waals surface area contributed by atoms with E-state index in [0.29, 0.717) is 29.5 Å². The topological polar surface area (TPSA) is 62.3 Å². The Morgan fingerprint density at radius 1 is 1.48 bits per heavy atom. The minimum absolute atomic E-state index is 0.0747. The fraction of sp³-hybridized carbons (Fsp3) is 0.400. The molecular formula is C15H15Cl2NO3. The van der Waals surface area contributed by atoms with Gasteiger partial charge in [0.1, 0.15) is 5.60 Å². The van der Waals surface area contributed by atoms with Crippen molar-refractivity contribution in [1.29, 1.82) is 0 Å². The number of nitrogens with one attached hydrogen (secondary N) is 1. The second-order valence-electron chi connectivity index (χ2n) is 5.31. The van der Waals surface area contributed by atoms with Gasteiger partial charge in [-0.05, 0) is 30.5 Å². The van der Waals surface area contributed by atoms with Crippen LogP contribution >= 0.6 is 23.2 Å². The maximum Gasteiger partial charge on any atom is 0.306 e. The fourth-order valence-electron chi connectivity index (χ4n) is 3.13. The third kappa shape index (κ3) is 2.31. The van der Waals surface area contributed by atoms with Crippen LogP contribution in [0.15, 0.2) is 12.1 Å². The molecule has 1 aromatic heterocycles. The molecule has 4 nitrogen and oxygen atoms in total. The van der Waals surface area contributed by atoms with Crippen LogP contribution in [0.25, 0.3) is 10.9 Å². The molecule has 1 aliphatic heterocycles. The van der Waals surface area contributed by atoms with E-state index in [0.717, 1.165) is 22.2 Å². The first kappa shape index (κ1) is 14.7. The number of fused-ring (bicyclic) bond motifs is 3. The summed E-state index contributed by atoms with van der Waals surface area (Å²) in [5, 5.41) is 11.3. The monoisotopic (exact) mass is 327 g/mol. The molecule has 2 aromatic rings. The van der Waals surface area contributed by atoms with Gasteiger partial charge in [-0.1, -0.05) is 30.1 Å². The molecule has 0 fully saturated rings. The van der Waals surface area contributed by atoms with Gasteiger partial charge in [0.15, 0.2) is 0 Å². The first-order valence-corrected chi connectivity index (χ1v) is 7.58. The lowest BCUT2D eigenvalue weighted by atomic mass is 9.86. The van der Waals surface area contributed by atoms with Gasteiger partial charge in [-0.25, -0.2) is 0 Å². The lowest BCUT2D eigenvalue weighted by Gasteiger charge is -2.35. The Morgan fingerprint density at radius 3 is 2.90 bits per heavy atom. The average molecular weight is 328 g/mol. The molecule has 0 spiro atoms. The van der Waals surface area contributed by atoms with Crippen molar-refractivity contribution < 1.29 is 14.6 Å². The molecule has 0 radical (unpaired) electrons. The second kappa shape index (κ2) is 5.20. The summed E-state index contributed by atoms with van der Waals surface area (Å²) >= 11 is 12.3. The molecule has 2 heterocycles. The van der Waals surface area contributed by atoms with Crippen molar-refractivity contribution >= 4 is 40.1 Å². The number of carbonyl (C=O) groups is 1. The number of rotatable bonds is 3. The third-order valence-electron chi connectivity index (χ3n) is 4.13. The van der Waals surface area contributed by atoms with Crippen LogP contribution in [0.3, 0.4) is 0 Å². The van der Waals surface area contributed by atoms with Crippen molar-refractivity contribution in [2.45, 2.75) is 31.8 Å². The molecule has 1 atom stereocenters. The van der Waals surface area contributed by atoms with E-state index in [1.165, 1.54) is 0 Å². The number of aliphatic carboxylic acids is 1. The van der Waals surface area contributed by atoms with Crippen LogP contribution in [-0.4, -0.2) is 22.7 Å². The van der Waals surface area contributed by atoms with Crippen LogP contribution in [0.5, 0.6) is 0 Å². The Bertz CT molecular complexity index is 725. The Kier molecular flexibility index (Phi) is 3.64. The number of aromatic nitrogens is 1. The summed E-state index contributed by atoms with van der Waals surface area (Å²) < 4.78 is 5.86. The number of carboxylic acids is 1. The highest BCUT2D eigenvalue weighted by molar-refractivity contribution is 6.38. The Labute approximate surface area is 132 Å². The summed E-state index contributed by atoms with van der Waals surface area (Å²) in [4.78, 5) is 14.5. The van der Waals surface area contributed by atoms with E-state index < -0.39 is 11.6 Å². The normalized spacial score (nSPS) is 21.5. The minimum Gasteiger partial charge on any atom is -0.481 e. The standard InChI is InChI=1S/C15H15Cl2NO3/c1-2-15(7-12(19)20)14-9(3-4-21-15)10-5-8(16)6-11(17)13(10)18-14/h5-6,18H,2-4,7H2,1H3,(H,19,20). The number of aromatic amines is 1. The summed E-state index contributed by atoms with van der Waals surface area (Å²) in [6.45, 7) is 2.42. The van der Waals surface area contributed by atoms with Gasteiger partial charge in [0.05, 0.1) is 29.3 Å². The number of H-pyrrole nitrogens is 1. The number of halogens is 2. The van der Waals surface area contributed by atoms with Crippen molar-refractivity contribution in [1.82, 2.24) is 4.98 Å². The highest BCUT2D eigenvalue weighted by Crippen LogP contribution is 2.43. The van der Waals surface area contributed by atoms with Crippen molar-refractivity contribution in [2.24, 2.45) is 0 Å². The van der Waals surface area contributed by atoms with Gasteiger partial charge in [0, 0.05) is 10.4 Å². The Morgan fingerprint density at radius 2 is 2.24 bits per heavy atom. The Hall–Kier alpha value is -1.23. The molecule has 0 bridgehead atoms. The first-order valence-electron chi connectivity index (χ1n) is 6.82. The lowest BCUT2D eigenvalue weighted by Crippen LogP contribution is -2.37. The van der Waals surface area contributed by atoms with E-state index in [4.69, 9.17) is 27.9 Å². The van der Waals surface area contributed by atoms with E-state index in [2.05, 4.69) is 4.98 Å². The summed E-state index contributed by atoms with van der Waals surface area (Å²) in [5.74, 6) is -0.882. The van der Waals surface area contributed by atoms with Crippen molar-refractivity contribution in [2.75, 3.05) is 6.61 Å². The molecule has 0 saturated heterocycles. The average Bonchev–Trinajstić information content (AvgIpc) is 2.79. The lowest BCUT2D eigenvalue weighted by molar-refractivity contribution is -0.148. The molecule has 1 aliphatic rings. The molecular weight excluding hydrogens is 313 g/mol. The van der Waals surface area contributed by atoms with Crippen LogP contribution in [-0.2, 0) is 21.6 Å². The predicted octanol–water partition coefficient (Wildman–Crippen LogP) is 4.13. The van der Waals surface area contributed by atoms with Gasteiger partial charge in [-0.15, -0.1) is 0 Å². The van der Waals surface area contributed by atoms with Crippen LogP contribution in [0.4, 0.5) is 0 Å². The zero-order chi connectivity index (χ0) is 15.2. The number of carboxylic acid groups (broad SMARTS) is 1. The largest absolute Gasteiger partial charge is 0.481 e. The fourth-order valence-corrected chi connectivity index (χ4v) is 3.67. The van der Waals surface area contributed by atoms with Crippen molar-refractivity contribution in [3.05, 3.63) is 33.4 Å². The maximum atomic E-state index is 11.2. The second-order valence-corrected chi connectivity index (χ2v) is 6.15. The SMILES string of the molecule is CCC1(CC(=O)O)OCCc2c1[nH]c1c(Cl)cc(Cl)cc21. The molecule has 0 saturated carbocycles. The molecule has 21 heavy (non-hydrogen) atoms. The molecule has 0 aliphatic carbocycles. The zero-order valence-electron chi connectivity index (χ0n) is 11.5. The van der Waals surface area contributed by atoms with E-state index in [1.807, 2.05) is 13.0 Å². The predicted molar refractivity (Wildman–Crippen MR) is 82.2 cm³/mol. The Balaban J connectivity index is 2.26. The summed E-state index contributed by atoms with van der Waals surface area (Å²) in [6, 6.07) is 3.55. The molecule has 0 amide bonds. The molecule has 3 rings (SSSR count). The van der Waals surface area contributed by atoms with Crippen LogP contribution in [0.2, 0.25) is 10.0 Å². The van der Waals surface area contributed by atoms with Gasteiger partial charge < -0.3 is 14.8 Å². The summed E-state index contributed by atoms with van der Waals surface area (Å²) in [5.41, 5.74) is 1.84. The smallest absolute Gasteiger partial charge is 0.306 e. The van der Waals surface area contributed by atoms with E-state index >= 15 is 0 Å². The first-order chi connectivity index (χ1) is 9.97. The van der Waals surface area contributed by atoms with E-state index in [-0.39, 0.29) is 6.42 Å². The van der Waals surface area contributed by atoms with E-state index in [9.17, 15) is 9.90 Å². The quantitative estimate of drug-likeness (QED) is 0.891. The number of benzene rings is 1. The third-order valence-corrected chi connectivity index (χ3v) is 4.64. The zero-order valence-corrected chi connectivity index (χ0v) is 13.0. The van der Waals surface area contributed by atoms with Gasteiger partial charge >= 0.3 is 5.97 Å². The van der Waals surface area contributed by atoms with Crippen molar-refractivity contribution in [3.8, 4) is 0 Å². The maximum absolute atomic E-state index is 11.2. The highest BCUT2D eigenvalue weighted by Gasteiger charge is 2.41. The van der Waals surface area contributed by atoms with Crippen LogP contribution in [0.1, 0.15) is 31.0 Å². The van der Waals surface area contributed by atoms with Crippen LogP contribution in [0, 0.1) is 0 Å². The number of ether oxygens (including phenoxy) is 1. The summed E-state index contributed by atoms with van der Waals surface area (Å²) in [6.07, 6.45) is 1.21. The van der Waals surface area contributed by atoms with Gasteiger partial charge in [-0.3, -0.25) is 4.79 Å². The summed E-state index contributed by atoms with van der Waals surface area (Å²) in [7, 11) is 0. The highest BCUT2D eigenvalue weighted by atomic mass is 35.5. The van der Waals surface area contributed by atoms with Gasteiger partial charge in [-0.2, -0.15) is 0 Å². The van der Waals surface area contributed by atoms with Gasteiger partial charge in [0.25, 0.3) is 0 Å².